The van der Waals surface area contributed by atoms with Crippen LogP contribution in [-0.4, -0.2) is 18.4 Å². The maximum absolute atomic E-state index is 12.6. The Balaban J connectivity index is 1.68. The number of hydrogen-bond donors (Lipinski definition) is 1. The van der Waals surface area contributed by atoms with Gasteiger partial charge in [-0.2, -0.15) is 18.4 Å². The zero-order valence-corrected chi connectivity index (χ0v) is 14.0. The van der Waals surface area contributed by atoms with Crippen LogP contribution in [0.1, 0.15) is 17.5 Å². The van der Waals surface area contributed by atoms with E-state index in [1.807, 2.05) is 6.07 Å². The van der Waals surface area contributed by atoms with Crippen LogP contribution in [0.4, 0.5) is 24.5 Å². The summed E-state index contributed by atoms with van der Waals surface area (Å²) >= 11 is 0. The second-order valence-corrected chi connectivity index (χ2v) is 6.13. The third-order valence-corrected chi connectivity index (χ3v) is 4.26. The van der Waals surface area contributed by atoms with E-state index in [0.717, 1.165) is 12.1 Å². The van der Waals surface area contributed by atoms with E-state index in [1.54, 1.807) is 24.3 Å². The van der Waals surface area contributed by atoms with Gasteiger partial charge >= 0.3 is 6.18 Å². The van der Waals surface area contributed by atoms with Crippen molar-refractivity contribution >= 4 is 23.2 Å². The molecule has 1 heterocycles. The van der Waals surface area contributed by atoms with E-state index in [4.69, 9.17) is 5.26 Å². The Morgan fingerprint density at radius 1 is 1.19 bits per heavy atom. The van der Waals surface area contributed by atoms with Gasteiger partial charge in [0.05, 0.1) is 23.1 Å². The van der Waals surface area contributed by atoms with Gasteiger partial charge < -0.3 is 10.2 Å². The lowest BCUT2D eigenvalue weighted by Crippen LogP contribution is -2.28. The number of anilines is 2. The number of carbonyl (C=O) groups is 2. The molecule has 1 N–H and O–H groups in total. The van der Waals surface area contributed by atoms with Crippen LogP contribution >= 0.6 is 0 Å². The lowest BCUT2D eigenvalue weighted by molar-refractivity contribution is -0.137. The number of rotatable bonds is 3. The van der Waals surface area contributed by atoms with Gasteiger partial charge in [-0.3, -0.25) is 9.59 Å². The molecule has 0 radical (unpaired) electrons. The van der Waals surface area contributed by atoms with Crippen LogP contribution in [0.5, 0.6) is 0 Å². The third kappa shape index (κ3) is 4.08. The lowest BCUT2D eigenvalue weighted by Gasteiger charge is -2.17. The number of amides is 2. The molecule has 2 amide bonds. The fourth-order valence-corrected chi connectivity index (χ4v) is 2.86. The average Bonchev–Trinajstić information content (AvgIpc) is 3.03. The van der Waals surface area contributed by atoms with Crippen molar-refractivity contribution in [1.29, 1.82) is 5.26 Å². The monoisotopic (exact) mass is 373 g/mol. The van der Waals surface area contributed by atoms with Crippen molar-refractivity contribution in [2.45, 2.75) is 12.6 Å². The van der Waals surface area contributed by atoms with E-state index < -0.39 is 23.6 Å². The van der Waals surface area contributed by atoms with Crippen LogP contribution in [0.3, 0.4) is 0 Å². The second kappa shape index (κ2) is 7.11. The molecular formula is C19H14F3N3O2. The number of benzene rings is 2. The first-order valence-corrected chi connectivity index (χ1v) is 8.06. The van der Waals surface area contributed by atoms with Gasteiger partial charge in [-0.05, 0) is 42.5 Å². The minimum absolute atomic E-state index is 0.0107. The molecular weight excluding hydrogens is 359 g/mol. The lowest BCUT2D eigenvalue weighted by atomic mass is 10.1. The molecule has 1 unspecified atom stereocenters. The smallest absolute Gasteiger partial charge is 0.326 e. The van der Waals surface area contributed by atoms with Crippen LogP contribution < -0.4 is 10.2 Å². The molecule has 0 bridgehead atoms. The van der Waals surface area contributed by atoms with Gasteiger partial charge in [0, 0.05) is 24.3 Å². The van der Waals surface area contributed by atoms with E-state index in [-0.39, 0.29) is 24.6 Å². The highest BCUT2D eigenvalue weighted by atomic mass is 19.4. The van der Waals surface area contributed by atoms with Crippen molar-refractivity contribution in [2.24, 2.45) is 5.92 Å². The number of carbonyl (C=O) groups excluding carboxylic acids is 2. The maximum Gasteiger partial charge on any atom is 0.416 e. The predicted octanol–water partition coefficient (Wildman–Crippen LogP) is 3.57. The van der Waals surface area contributed by atoms with Crippen LogP contribution in [-0.2, 0) is 15.8 Å². The summed E-state index contributed by atoms with van der Waals surface area (Å²) < 4.78 is 37.7. The molecule has 2 aromatic rings. The van der Waals surface area contributed by atoms with Gasteiger partial charge in [0.2, 0.25) is 11.8 Å². The summed E-state index contributed by atoms with van der Waals surface area (Å²) in [7, 11) is 0. The molecule has 0 spiro atoms. The summed E-state index contributed by atoms with van der Waals surface area (Å²) in [6, 6.07) is 12.6. The Bertz CT molecular complexity index is 917. The molecule has 27 heavy (non-hydrogen) atoms. The second-order valence-electron chi connectivity index (χ2n) is 6.13. The third-order valence-electron chi connectivity index (χ3n) is 4.26. The zero-order chi connectivity index (χ0) is 19.6. The Kier molecular flexibility index (Phi) is 4.86. The summed E-state index contributed by atoms with van der Waals surface area (Å²) in [6.45, 7) is 0.139. The molecule has 1 aliphatic rings. The Morgan fingerprint density at radius 2 is 1.89 bits per heavy atom. The van der Waals surface area contributed by atoms with Gasteiger partial charge in [-0.15, -0.1) is 0 Å². The van der Waals surface area contributed by atoms with Gasteiger partial charge in [-0.25, -0.2) is 0 Å². The molecule has 1 aliphatic heterocycles. The quantitative estimate of drug-likeness (QED) is 0.894. The minimum atomic E-state index is -4.45. The van der Waals surface area contributed by atoms with E-state index in [0.29, 0.717) is 11.3 Å². The molecule has 1 saturated heterocycles. The van der Waals surface area contributed by atoms with Crippen LogP contribution in [0.2, 0.25) is 0 Å². The van der Waals surface area contributed by atoms with E-state index >= 15 is 0 Å². The topological polar surface area (TPSA) is 73.2 Å². The van der Waals surface area contributed by atoms with Gasteiger partial charge in [0.15, 0.2) is 0 Å². The molecule has 8 heteroatoms. The van der Waals surface area contributed by atoms with Crippen molar-refractivity contribution in [3.05, 3.63) is 59.7 Å². The highest BCUT2D eigenvalue weighted by Crippen LogP contribution is 2.30. The number of hydrogen-bond acceptors (Lipinski definition) is 3. The fraction of sp³-hybridized carbons (Fsp3) is 0.211. The number of nitrogens with zero attached hydrogens (tertiary/aromatic N) is 2. The van der Waals surface area contributed by atoms with E-state index in [9.17, 15) is 22.8 Å². The van der Waals surface area contributed by atoms with Crippen molar-refractivity contribution in [1.82, 2.24) is 0 Å². The SMILES string of the molecule is N#Cc1cccc(N2CC(C(=O)Nc3ccc(C(F)(F)F)cc3)CC2=O)c1. The largest absolute Gasteiger partial charge is 0.416 e. The highest BCUT2D eigenvalue weighted by molar-refractivity contribution is 6.03. The van der Waals surface area contributed by atoms with Crippen molar-refractivity contribution in [2.75, 3.05) is 16.8 Å². The molecule has 2 aromatic carbocycles. The molecule has 3 rings (SSSR count). The van der Waals surface area contributed by atoms with Gasteiger partial charge in [0.1, 0.15) is 0 Å². The first-order valence-electron chi connectivity index (χ1n) is 8.06. The number of alkyl halides is 3. The van der Waals surface area contributed by atoms with Gasteiger partial charge in [-0.1, -0.05) is 6.07 Å². The average molecular weight is 373 g/mol. The molecule has 1 fully saturated rings. The number of nitrogens with one attached hydrogen (secondary N) is 1. The Morgan fingerprint density at radius 3 is 2.52 bits per heavy atom. The Labute approximate surface area is 153 Å². The van der Waals surface area contributed by atoms with Crippen molar-refractivity contribution in [3.63, 3.8) is 0 Å². The van der Waals surface area contributed by atoms with Crippen LogP contribution in [0, 0.1) is 17.2 Å². The summed E-state index contributed by atoms with van der Waals surface area (Å²) in [5.74, 6) is -1.33. The normalized spacial score (nSPS) is 16.9. The molecule has 5 nitrogen and oxygen atoms in total. The van der Waals surface area contributed by atoms with Crippen molar-refractivity contribution < 1.29 is 22.8 Å². The fourth-order valence-electron chi connectivity index (χ4n) is 2.86. The standard InChI is InChI=1S/C19H14F3N3O2/c20-19(21,22)14-4-6-15(7-5-14)24-18(27)13-9-17(26)25(11-13)16-3-1-2-12(8-16)10-23/h1-8,13H,9,11H2,(H,24,27). The van der Waals surface area contributed by atoms with E-state index in [2.05, 4.69) is 5.32 Å². The summed E-state index contributed by atoms with van der Waals surface area (Å²) in [5.41, 5.74) is 0.354. The van der Waals surface area contributed by atoms with Crippen molar-refractivity contribution in [3.8, 4) is 6.07 Å². The minimum Gasteiger partial charge on any atom is -0.326 e. The molecule has 1 atom stereocenters. The zero-order valence-electron chi connectivity index (χ0n) is 14.0. The summed E-state index contributed by atoms with van der Waals surface area (Å²) in [6.07, 6.45) is -4.46. The predicted molar refractivity (Wildman–Crippen MR) is 91.7 cm³/mol. The van der Waals surface area contributed by atoms with Gasteiger partial charge in [0.25, 0.3) is 0 Å². The first kappa shape index (κ1) is 18.5. The summed E-state index contributed by atoms with van der Waals surface area (Å²) in [5, 5.41) is 11.5. The maximum atomic E-state index is 12.6. The molecule has 0 aliphatic carbocycles. The number of halogens is 3. The summed E-state index contributed by atoms with van der Waals surface area (Å²) in [4.78, 5) is 26.0. The molecule has 138 valence electrons. The van der Waals surface area contributed by atoms with Crippen LogP contribution in [0.15, 0.2) is 48.5 Å². The Hall–Kier alpha value is -3.34. The molecule has 0 saturated carbocycles. The first-order chi connectivity index (χ1) is 12.8. The van der Waals surface area contributed by atoms with E-state index in [1.165, 1.54) is 17.0 Å². The molecule has 0 aromatic heterocycles. The highest BCUT2D eigenvalue weighted by Gasteiger charge is 2.35. The number of nitriles is 1. The van der Waals surface area contributed by atoms with Crippen LogP contribution in [0.25, 0.3) is 0 Å².